The Kier molecular flexibility index (Phi) is 2.07. The normalized spacial score (nSPS) is 17.2. The number of rotatable bonds is 1. The summed E-state index contributed by atoms with van der Waals surface area (Å²) < 4.78 is 0. The molecule has 0 spiro atoms. The maximum atomic E-state index is 3.43. The third-order valence-corrected chi connectivity index (χ3v) is 3.49. The van der Waals surface area contributed by atoms with Crippen molar-refractivity contribution in [2.45, 2.75) is 20.4 Å². The Bertz CT molecular complexity index is 280. The van der Waals surface area contributed by atoms with Crippen LogP contribution in [0.4, 0.5) is 5.00 Å². The lowest BCUT2D eigenvalue weighted by atomic mass is 10.2. The Labute approximate surface area is 77.2 Å². The minimum absolute atomic E-state index is 1.00. The molecule has 0 radical (unpaired) electrons. The van der Waals surface area contributed by atoms with Crippen molar-refractivity contribution >= 4 is 16.3 Å². The Morgan fingerprint density at radius 3 is 3.25 bits per heavy atom. The summed E-state index contributed by atoms with van der Waals surface area (Å²) in [6.07, 6.45) is 0. The molecule has 2 rings (SSSR count). The van der Waals surface area contributed by atoms with Gasteiger partial charge in [-0.05, 0) is 24.4 Å². The van der Waals surface area contributed by atoms with E-state index in [9.17, 15) is 0 Å². The van der Waals surface area contributed by atoms with Gasteiger partial charge in [0.2, 0.25) is 0 Å². The van der Waals surface area contributed by atoms with Gasteiger partial charge in [-0.25, -0.2) is 0 Å². The summed E-state index contributed by atoms with van der Waals surface area (Å²) in [6, 6.07) is 0. The molecular weight excluding hydrogens is 168 g/mol. The van der Waals surface area contributed by atoms with Crippen LogP contribution < -0.4 is 5.32 Å². The average Bonchev–Trinajstić information content (AvgIpc) is 2.47. The van der Waals surface area contributed by atoms with Crippen LogP contribution in [-0.4, -0.2) is 18.1 Å². The zero-order chi connectivity index (χ0) is 8.55. The second-order valence-electron chi connectivity index (χ2n) is 3.21. The lowest BCUT2D eigenvalue weighted by molar-refractivity contribution is 0.292. The largest absolute Gasteiger partial charge is 0.364 e. The van der Waals surface area contributed by atoms with Gasteiger partial charge in [0.05, 0.1) is 11.7 Å². The Morgan fingerprint density at radius 1 is 1.67 bits per heavy atom. The molecule has 0 atom stereocenters. The monoisotopic (exact) mass is 182 g/mol. The molecule has 1 aromatic heterocycles. The molecule has 0 saturated heterocycles. The van der Waals surface area contributed by atoms with E-state index in [1.165, 1.54) is 16.1 Å². The highest BCUT2D eigenvalue weighted by Crippen LogP contribution is 2.31. The number of fused-ring (bicyclic) bond motifs is 1. The topological polar surface area (TPSA) is 15.3 Å². The molecule has 12 heavy (non-hydrogen) atoms. The van der Waals surface area contributed by atoms with Gasteiger partial charge in [0.25, 0.3) is 0 Å². The molecule has 0 saturated carbocycles. The van der Waals surface area contributed by atoms with Crippen LogP contribution in [0.15, 0.2) is 5.38 Å². The second-order valence-corrected chi connectivity index (χ2v) is 4.09. The van der Waals surface area contributed by atoms with Crippen molar-refractivity contribution in [3.05, 3.63) is 16.5 Å². The molecule has 0 amide bonds. The number of hydrogen-bond acceptors (Lipinski definition) is 3. The summed E-state index contributed by atoms with van der Waals surface area (Å²) in [5, 5.41) is 7.03. The lowest BCUT2D eigenvalue weighted by Crippen LogP contribution is -2.32. The molecule has 0 fully saturated rings. The molecule has 1 aromatic rings. The molecule has 3 heteroatoms. The van der Waals surface area contributed by atoms with E-state index >= 15 is 0 Å². The van der Waals surface area contributed by atoms with Crippen LogP contribution in [0.3, 0.4) is 0 Å². The molecule has 1 N–H and O–H groups in total. The van der Waals surface area contributed by atoms with E-state index in [4.69, 9.17) is 0 Å². The highest BCUT2D eigenvalue weighted by molar-refractivity contribution is 7.14. The molecule has 1 aliphatic heterocycles. The van der Waals surface area contributed by atoms with Gasteiger partial charge in [-0.15, -0.1) is 11.3 Å². The van der Waals surface area contributed by atoms with Crippen LogP contribution in [0.25, 0.3) is 0 Å². The van der Waals surface area contributed by atoms with Crippen LogP contribution in [0.2, 0.25) is 0 Å². The third kappa shape index (κ3) is 1.23. The summed E-state index contributed by atoms with van der Waals surface area (Å²) in [5.41, 5.74) is 2.92. The predicted molar refractivity (Wildman–Crippen MR) is 53.6 cm³/mol. The van der Waals surface area contributed by atoms with Crippen LogP contribution in [0, 0.1) is 6.92 Å². The number of anilines is 1. The first-order chi connectivity index (χ1) is 5.81. The minimum Gasteiger partial charge on any atom is -0.364 e. The average molecular weight is 182 g/mol. The fourth-order valence-corrected chi connectivity index (χ4v) is 2.45. The van der Waals surface area contributed by atoms with Crippen LogP contribution in [0.5, 0.6) is 0 Å². The van der Waals surface area contributed by atoms with E-state index < -0.39 is 0 Å². The Balaban J connectivity index is 2.26. The van der Waals surface area contributed by atoms with Crippen LogP contribution in [-0.2, 0) is 6.54 Å². The van der Waals surface area contributed by atoms with Crippen LogP contribution >= 0.6 is 11.3 Å². The first-order valence-electron chi connectivity index (χ1n) is 4.34. The van der Waals surface area contributed by atoms with Gasteiger partial charge in [-0.3, -0.25) is 4.90 Å². The first kappa shape index (κ1) is 8.08. The van der Waals surface area contributed by atoms with E-state index in [0.29, 0.717) is 0 Å². The molecule has 2 heterocycles. The SMILES string of the molecule is CCN1CNc2scc(C)c2C1. The highest BCUT2D eigenvalue weighted by Gasteiger charge is 2.16. The van der Waals surface area contributed by atoms with Crippen molar-refractivity contribution < 1.29 is 0 Å². The van der Waals surface area contributed by atoms with Gasteiger partial charge in [0.15, 0.2) is 0 Å². The van der Waals surface area contributed by atoms with Crippen molar-refractivity contribution in [1.82, 2.24) is 4.90 Å². The van der Waals surface area contributed by atoms with Gasteiger partial charge >= 0.3 is 0 Å². The van der Waals surface area contributed by atoms with Crippen molar-refractivity contribution in [3.63, 3.8) is 0 Å². The zero-order valence-corrected chi connectivity index (χ0v) is 8.37. The summed E-state index contributed by atoms with van der Waals surface area (Å²) >= 11 is 1.83. The number of nitrogens with one attached hydrogen (secondary N) is 1. The number of hydrogen-bond donors (Lipinski definition) is 1. The molecule has 0 aromatic carbocycles. The minimum atomic E-state index is 1.00. The molecule has 1 aliphatic rings. The fourth-order valence-electron chi connectivity index (χ4n) is 1.50. The third-order valence-electron chi connectivity index (χ3n) is 2.40. The van der Waals surface area contributed by atoms with Gasteiger partial charge in [-0.1, -0.05) is 6.92 Å². The Hall–Kier alpha value is -0.540. The fraction of sp³-hybridized carbons (Fsp3) is 0.556. The van der Waals surface area contributed by atoms with Gasteiger partial charge in [0, 0.05) is 12.1 Å². The molecule has 0 aliphatic carbocycles. The van der Waals surface area contributed by atoms with Crippen molar-refractivity contribution in [3.8, 4) is 0 Å². The lowest BCUT2D eigenvalue weighted by Gasteiger charge is -2.27. The molecule has 2 nitrogen and oxygen atoms in total. The van der Waals surface area contributed by atoms with E-state index in [-0.39, 0.29) is 0 Å². The first-order valence-corrected chi connectivity index (χ1v) is 5.22. The summed E-state index contributed by atoms with van der Waals surface area (Å²) in [5.74, 6) is 0. The van der Waals surface area contributed by atoms with Crippen molar-refractivity contribution in [2.75, 3.05) is 18.5 Å². The molecule has 66 valence electrons. The zero-order valence-electron chi connectivity index (χ0n) is 7.55. The quantitative estimate of drug-likeness (QED) is 0.716. The van der Waals surface area contributed by atoms with E-state index in [1.54, 1.807) is 0 Å². The van der Waals surface area contributed by atoms with Gasteiger partial charge < -0.3 is 5.32 Å². The maximum absolute atomic E-state index is 3.43. The van der Waals surface area contributed by atoms with Gasteiger partial charge in [-0.2, -0.15) is 0 Å². The predicted octanol–water partition coefficient (Wildman–Crippen LogP) is 2.26. The summed E-state index contributed by atoms with van der Waals surface area (Å²) in [6.45, 7) is 7.64. The number of thiophene rings is 1. The summed E-state index contributed by atoms with van der Waals surface area (Å²) in [7, 11) is 0. The Morgan fingerprint density at radius 2 is 2.50 bits per heavy atom. The number of nitrogens with zero attached hydrogens (tertiary/aromatic N) is 1. The van der Waals surface area contributed by atoms with E-state index in [0.717, 1.165) is 19.8 Å². The summed E-state index contributed by atoms with van der Waals surface area (Å²) in [4.78, 5) is 2.40. The van der Waals surface area contributed by atoms with E-state index in [1.807, 2.05) is 11.3 Å². The molecule has 0 bridgehead atoms. The van der Waals surface area contributed by atoms with E-state index in [2.05, 4.69) is 29.4 Å². The van der Waals surface area contributed by atoms with Crippen LogP contribution in [0.1, 0.15) is 18.1 Å². The molecular formula is C9H14N2S. The van der Waals surface area contributed by atoms with Crippen molar-refractivity contribution in [1.29, 1.82) is 0 Å². The highest BCUT2D eigenvalue weighted by atomic mass is 32.1. The van der Waals surface area contributed by atoms with Gasteiger partial charge in [0.1, 0.15) is 0 Å². The molecule has 0 unspecified atom stereocenters. The smallest absolute Gasteiger partial charge is 0.0941 e. The second kappa shape index (κ2) is 3.07. The van der Waals surface area contributed by atoms with Crippen molar-refractivity contribution in [2.24, 2.45) is 0 Å². The number of aryl methyl sites for hydroxylation is 1. The standard InChI is InChI=1S/C9H14N2S/c1-3-11-4-8-7(2)5-12-9(8)10-6-11/h5,10H,3-4,6H2,1-2H3. The maximum Gasteiger partial charge on any atom is 0.0941 e.